The Bertz CT molecular complexity index is 516. The van der Waals surface area contributed by atoms with Crippen molar-refractivity contribution < 1.29 is 13.2 Å². The summed E-state index contributed by atoms with van der Waals surface area (Å²) in [4.78, 5) is 15.5. The number of nitrogens with one attached hydrogen (secondary N) is 2. The highest BCUT2D eigenvalue weighted by atomic mass is 32.2. The number of likely N-dealkylation sites (N-methyl/N-ethyl adjacent to an activating group) is 1. The Labute approximate surface area is 122 Å². The molecule has 1 heterocycles. The topological polar surface area (TPSA) is 111 Å². The minimum absolute atomic E-state index is 0.215. The van der Waals surface area contributed by atoms with E-state index in [-0.39, 0.29) is 12.5 Å². The van der Waals surface area contributed by atoms with Crippen LogP contribution in [0.5, 0.6) is 0 Å². The summed E-state index contributed by atoms with van der Waals surface area (Å²) >= 11 is 1.41. The number of H-pyrrole nitrogens is 1. The Hall–Kier alpha value is -1.17. The van der Waals surface area contributed by atoms with E-state index in [1.807, 2.05) is 0 Å². The van der Waals surface area contributed by atoms with Crippen molar-refractivity contribution in [1.82, 2.24) is 29.1 Å². The molecule has 0 aromatic carbocycles. The maximum absolute atomic E-state index is 11.7. The van der Waals surface area contributed by atoms with Crippen molar-refractivity contribution in [2.45, 2.75) is 5.16 Å². The second-order valence-electron chi connectivity index (χ2n) is 4.04. The van der Waals surface area contributed by atoms with E-state index < -0.39 is 10.2 Å². The molecule has 9 nitrogen and oxygen atoms in total. The molecular formula is C9H18N6O3S2. The largest absolute Gasteiger partial charge is 0.354 e. The van der Waals surface area contributed by atoms with Gasteiger partial charge in [0.2, 0.25) is 5.91 Å². The molecule has 0 unspecified atom stereocenters. The third kappa shape index (κ3) is 5.07. The molecule has 0 aliphatic rings. The van der Waals surface area contributed by atoms with E-state index in [0.717, 1.165) is 8.61 Å². The summed E-state index contributed by atoms with van der Waals surface area (Å²) in [6, 6.07) is 0. The van der Waals surface area contributed by atoms with Crippen LogP contribution in [0.25, 0.3) is 0 Å². The zero-order valence-electron chi connectivity index (χ0n) is 11.5. The summed E-state index contributed by atoms with van der Waals surface area (Å²) in [6.45, 7) is 0.202. The molecule has 20 heavy (non-hydrogen) atoms. The van der Waals surface area contributed by atoms with Gasteiger partial charge in [0, 0.05) is 33.4 Å². The Morgan fingerprint density at radius 2 is 2.15 bits per heavy atom. The number of carbonyl (C=O) groups is 1. The third-order valence-electron chi connectivity index (χ3n) is 2.28. The van der Waals surface area contributed by atoms with Crippen molar-refractivity contribution in [3.63, 3.8) is 0 Å². The molecule has 0 radical (unpaired) electrons. The van der Waals surface area contributed by atoms with Gasteiger partial charge in [-0.15, -0.1) is 0 Å². The van der Waals surface area contributed by atoms with E-state index in [9.17, 15) is 13.2 Å². The molecule has 114 valence electrons. The van der Waals surface area contributed by atoms with E-state index in [4.69, 9.17) is 0 Å². The van der Waals surface area contributed by atoms with Crippen LogP contribution in [0, 0.1) is 0 Å². The number of amides is 1. The Balaban J connectivity index is 2.26. The van der Waals surface area contributed by atoms with E-state index in [2.05, 4.69) is 20.5 Å². The van der Waals surface area contributed by atoms with Gasteiger partial charge in [0.1, 0.15) is 6.33 Å². The summed E-state index contributed by atoms with van der Waals surface area (Å²) in [6.07, 6.45) is 1.40. The lowest BCUT2D eigenvalue weighted by molar-refractivity contribution is -0.121. The molecule has 0 aliphatic carbocycles. The molecular weight excluding hydrogens is 304 g/mol. The summed E-state index contributed by atoms with van der Waals surface area (Å²) < 4.78 is 25.4. The van der Waals surface area contributed by atoms with Crippen molar-refractivity contribution >= 4 is 27.9 Å². The molecule has 1 aromatic heterocycles. The maximum Gasteiger partial charge on any atom is 0.281 e. The van der Waals surface area contributed by atoms with Gasteiger partial charge in [0.15, 0.2) is 5.16 Å². The monoisotopic (exact) mass is 322 g/mol. The summed E-state index contributed by atoms with van der Waals surface area (Å²) in [5.74, 6) is 0.265. The fourth-order valence-electron chi connectivity index (χ4n) is 1.22. The van der Waals surface area contributed by atoms with Crippen LogP contribution in [0.1, 0.15) is 0 Å². The van der Waals surface area contributed by atoms with Crippen molar-refractivity contribution in [2.24, 2.45) is 0 Å². The number of thioether (sulfide) groups is 1. The number of nitrogens with zero attached hydrogens (tertiary/aromatic N) is 4. The average Bonchev–Trinajstić information content (AvgIpc) is 2.87. The lowest BCUT2D eigenvalue weighted by Gasteiger charge is -2.20. The minimum atomic E-state index is -3.56. The molecule has 1 amide bonds. The second-order valence-corrected chi connectivity index (χ2v) is 7.37. The summed E-state index contributed by atoms with van der Waals surface area (Å²) in [7, 11) is 0.628. The first kappa shape index (κ1) is 16.9. The van der Waals surface area contributed by atoms with Gasteiger partial charge in [0.05, 0.1) is 6.54 Å². The number of aromatic amines is 1. The van der Waals surface area contributed by atoms with Gasteiger partial charge in [0.25, 0.3) is 10.2 Å². The lowest BCUT2D eigenvalue weighted by atomic mass is 10.5. The lowest BCUT2D eigenvalue weighted by Crippen LogP contribution is -2.43. The van der Waals surface area contributed by atoms with Crippen LogP contribution in [0.2, 0.25) is 0 Å². The Morgan fingerprint density at radius 1 is 1.45 bits per heavy atom. The normalized spacial score (nSPS) is 12.1. The molecule has 2 N–H and O–H groups in total. The van der Waals surface area contributed by atoms with Crippen LogP contribution in [0.3, 0.4) is 0 Å². The highest BCUT2D eigenvalue weighted by Crippen LogP contribution is 2.08. The zero-order chi connectivity index (χ0) is 15.2. The highest BCUT2D eigenvalue weighted by Gasteiger charge is 2.22. The molecule has 0 spiro atoms. The van der Waals surface area contributed by atoms with Gasteiger partial charge < -0.3 is 5.32 Å². The smallest absolute Gasteiger partial charge is 0.281 e. The third-order valence-corrected chi connectivity index (χ3v) is 5.00. The van der Waals surface area contributed by atoms with Crippen LogP contribution < -0.4 is 5.32 Å². The van der Waals surface area contributed by atoms with Crippen LogP contribution in [-0.4, -0.2) is 78.1 Å². The average molecular weight is 322 g/mol. The summed E-state index contributed by atoms with van der Waals surface area (Å²) in [5.41, 5.74) is 0. The maximum atomic E-state index is 11.7. The van der Waals surface area contributed by atoms with Crippen molar-refractivity contribution in [3.05, 3.63) is 6.33 Å². The molecule has 11 heteroatoms. The molecule has 0 aliphatic heterocycles. The number of rotatable bonds is 8. The Kier molecular flexibility index (Phi) is 6.39. The molecule has 0 fully saturated rings. The first-order valence-corrected chi connectivity index (χ1v) is 8.11. The van der Waals surface area contributed by atoms with Crippen LogP contribution >= 0.6 is 11.8 Å². The van der Waals surface area contributed by atoms with E-state index in [1.54, 1.807) is 0 Å². The van der Waals surface area contributed by atoms with Gasteiger partial charge in [-0.1, -0.05) is 11.8 Å². The van der Waals surface area contributed by atoms with E-state index >= 15 is 0 Å². The van der Waals surface area contributed by atoms with E-state index in [1.165, 1.54) is 39.2 Å². The SMILES string of the molecule is CN(C)S(=O)(=O)N(C)CC(=O)NCCSc1ncn[nH]1. The van der Waals surface area contributed by atoms with Crippen molar-refractivity contribution in [3.8, 4) is 0 Å². The van der Waals surface area contributed by atoms with Gasteiger partial charge >= 0.3 is 0 Å². The zero-order valence-corrected chi connectivity index (χ0v) is 13.2. The predicted octanol–water partition coefficient (Wildman–Crippen LogP) is -1.25. The molecule has 0 atom stereocenters. The second kappa shape index (κ2) is 7.57. The van der Waals surface area contributed by atoms with Crippen molar-refractivity contribution in [2.75, 3.05) is 40.0 Å². The quantitative estimate of drug-likeness (QED) is 0.457. The van der Waals surface area contributed by atoms with Crippen LogP contribution in [-0.2, 0) is 15.0 Å². The van der Waals surface area contributed by atoms with Gasteiger partial charge in [-0.2, -0.15) is 22.1 Å². The standard InChI is InChI=1S/C9H18N6O3S2/c1-14(2)20(17,18)15(3)6-8(16)10-4-5-19-9-11-7-12-13-9/h7H,4-6H2,1-3H3,(H,10,16)(H,11,12,13). The van der Waals surface area contributed by atoms with Gasteiger partial charge in [-0.3, -0.25) is 9.89 Å². The summed E-state index contributed by atoms with van der Waals surface area (Å²) in [5, 5.41) is 9.70. The van der Waals surface area contributed by atoms with Crippen LogP contribution in [0.15, 0.2) is 11.5 Å². The highest BCUT2D eigenvalue weighted by molar-refractivity contribution is 7.99. The predicted molar refractivity (Wildman–Crippen MR) is 75.4 cm³/mol. The molecule has 1 aromatic rings. The number of hydrogen-bond acceptors (Lipinski definition) is 6. The first-order chi connectivity index (χ1) is 9.34. The molecule has 0 saturated carbocycles. The minimum Gasteiger partial charge on any atom is -0.354 e. The fraction of sp³-hybridized carbons (Fsp3) is 0.667. The van der Waals surface area contributed by atoms with Crippen molar-refractivity contribution in [1.29, 1.82) is 0 Å². The van der Waals surface area contributed by atoms with E-state index in [0.29, 0.717) is 17.5 Å². The molecule has 0 bridgehead atoms. The molecule has 0 saturated heterocycles. The first-order valence-electron chi connectivity index (χ1n) is 5.72. The number of carbonyl (C=O) groups excluding carboxylic acids is 1. The van der Waals surface area contributed by atoms with Gasteiger partial charge in [-0.05, 0) is 0 Å². The van der Waals surface area contributed by atoms with Crippen LogP contribution in [0.4, 0.5) is 0 Å². The van der Waals surface area contributed by atoms with Gasteiger partial charge in [-0.25, -0.2) is 4.98 Å². The Morgan fingerprint density at radius 3 is 2.70 bits per heavy atom. The number of aromatic nitrogens is 3. The number of hydrogen-bond donors (Lipinski definition) is 2. The fourth-order valence-corrected chi connectivity index (χ4v) is 2.69. The molecule has 1 rings (SSSR count).